The second-order valence-corrected chi connectivity index (χ2v) is 7.77. The van der Waals surface area contributed by atoms with Crippen LogP contribution in [0.15, 0.2) is 29.2 Å². The fourth-order valence-corrected chi connectivity index (χ4v) is 3.93. The molecule has 1 heterocycles. The molecule has 0 saturated carbocycles. The molecule has 1 aromatic heterocycles. The van der Waals surface area contributed by atoms with Gasteiger partial charge in [-0.3, -0.25) is 0 Å². The SMILES string of the molecule is Cc1nc(C)c(CCNS(=O)(=O)c2ccc(C(=O)O)cc2)s1. The Bertz CT molecular complexity index is 780. The summed E-state index contributed by atoms with van der Waals surface area (Å²) < 4.78 is 26.8. The van der Waals surface area contributed by atoms with Crippen LogP contribution in [0.5, 0.6) is 0 Å². The van der Waals surface area contributed by atoms with E-state index in [0.717, 1.165) is 15.6 Å². The molecule has 2 N–H and O–H groups in total. The van der Waals surface area contributed by atoms with Crippen molar-refractivity contribution in [3.05, 3.63) is 45.4 Å². The molecule has 2 rings (SSSR count). The Morgan fingerprint density at radius 2 is 1.91 bits per heavy atom. The minimum Gasteiger partial charge on any atom is -0.478 e. The topological polar surface area (TPSA) is 96.4 Å². The average molecular weight is 340 g/mol. The fraction of sp³-hybridized carbons (Fsp3) is 0.286. The molecule has 6 nitrogen and oxygen atoms in total. The first kappa shape index (κ1) is 16.6. The number of nitrogens with one attached hydrogen (secondary N) is 1. The molecule has 1 aromatic carbocycles. The van der Waals surface area contributed by atoms with Crippen LogP contribution >= 0.6 is 11.3 Å². The fourth-order valence-electron chi connectivity index (χ4n) is 1.96. The zero-order chi connectivity index (χ0) is 16.3. The van der Waals surface area contributed by atoms with Crippen LogP contribution < -0.4 is 4.72 Å². The number of rotatable bonds is 6. The summed E-state index contributed by atoms with van der Waals surface area (Å²) in [6.45, 7) is 4.08. The number of thiazole rings is 1. The molecule has 0 aliphatic rings. The molecule has 118 valence electrons. The molecule has 0 saturated heterocycles. The number of benzene rings is 1. The predicted molar refractivity (Wildman–Crippen MR) is 83.9 cm³/mol. The maximum absolute atomic E-state index is 12.1. The zero-order valence-corrected chi connectivity index (χ0v) is 13.8. The van der Waals surface area contributed by atoms with E-state index in [-0.39, 0.29) is 17.0 Å². The molecule has 0 aliphatic carbocycles. The Hall–Kier alpha value is -1.77. The molecule has 0 spiro atoms. The van der Waals surface area contributed by atoms with Gasteiger partial charge >= 0.3 is 5.97 Å². The molecule has 0 amide bonds. The lowest BCUT2D eigenvalue weighted by Gasteiger charge is -2.06. The van der Waals surface area contributed by atoms with Crippen molar-refractivity contribution in [2.24, 2.45) is 0 Å². The number of hydrogen-bond donors (Lipinski definition) is 2. The van der Waals surface area contributed by atoms with Gasteiger partial charge in [0.15, 0.2) is 0 Å². The van der Waals surface area contributed by atoms with Crippen molar-refractivity contribution >= 4 is 27.3 Å². The number of aromatic nitrogens is 1. The van der Waals surface area contributed by atoms with Crippen LogP contribution in [-0.2, 0) is 16.4 Å². The van der Waals surface area contributed by atoms with Crippen LogP contribution in [-0.4, -0.2) is 31.0 Å². The molecule has 0 aliphatic heterocycles. The third-order valence-corrected chi connectivity index (χ3v) is 5.66. The first-order chi connectivity index (χ1) is 10.3. The normalized spacial score (nSPS) is 11.5. The number of carbonyl (C=O) groups is 1. The van der Waals surface area contributed by atoms with E-state index in [2.05, 4.69) is 9.71 Å². The summed E-state index contributed by atoms with van der Waals surface area (Å²) in [6.07, 6.45) is 0.573. The lowest BCUT2D eigenvalue weighted by atomic mass is 10.2. The summed E-state index contributed by atoms with van der Waals surface area (Å²) in [5.74, 6) is -1.09. The molecule has 22 heavy (non-hydrogen) atoms. The Labute approximate surface area is 132 Å². The van der Waals surface area contributed by atoms with E-state index in [4.69, 9.17) is 5.11 Å². The van der Waals surface area contributed by atoms with E-state index in [1.54, 1.807) is 11.3 Å². The van der Waals surface area contributed by atoms with Gasteiger partial charge in [-0.05, 0) is 44.5 Å². The third-order valence-electron chi connectivity index (χ3n) is 3.06. The summed E-state index contributed by atoms with van der Waals surface area (Å²) in [4.78, 5) is 16.2. The maximum atomic E-state index is 12.1. The van der Waals surface area contributed by atoms with Gasteiger partial charge in [0.25, 0.3) is 0 Å². The quantitative estimate of drug-likeness (QED) is 0.838. The number of carboxylic acids is 1. The van der Waals surface area contributed by atoms with Crippen LogP contribution in [0.4, 0.5) is 0 Å². The Balaban J connectivity index is 2.01. The lowest BCUT2D eigenvalue weighted by molar-refractivity contribution is 0.0696. The number of aromatic carboxylic acids is 1. The van der Waals surface area contributed by atoms with Gasteiger partial charge < -0.3 is 5.11 Å². The van der Waals surface area contributed by atoms with E-state index in [1.807, 2.05) is 13.8 Å². The summed E-state index contributed by atoms with van der Waals surface area (Å²) in [6, 6.07) is 5.11. The number of sulfonamides is 1. The molecule has 8 heteroatoms. The maximum Gasteiger partial charge on any atom is 0.335 e. The standard InChI is InChI=1S/C14H16N2O4S2/c1-9-13(21-10(2)16-9)7-8-15-22(19,20)12-5-3-11(4-6-12)14(17)18/h3-6,15H,7-8H2,1-2H3,(H,17,18). The van der Waals surface area contributed by atoms with Crippen molar-refractivity contribution in [1.82, 2.24) is 9.71 Å². The van der Waals surface area contributed by atoms with Gasteiger partial charge in [-0.25, -0.2) is 22.9 Å². The highest BCUT2D eigenvalue weighted by atomic mass is 32.2. The van der Waals surface area contributed by atoms with Crippen LogP contribution in [0.3, 0.4) is 0 Å². The van der Waals surface area contributed by atoms with E-state index in [1.165, 1.54) is 24.3 Å². The molecule has 0 atom stereocenters. The van der Waals surface area contributed by atoms with Gasteiger partial charge in [0.2, 0.25) is 10.0 Å². The summed E-state index contributed by atoms with van der Waals surface area (Å²) >= 11 is 1.55. The van der Waals surface area contributed by atoms with E-state index in [9.17, 15) is 13.2 Å². The second kappa shape index (κ2) is 6.55. The minimum atomic E-state index is -3.64. The Morgan fingerprint density at radius 1 is 1.27 bits per heavy atom. The lowest BCUT2D eigenvalue weighted by Crippen LogP contribution is -2.26. The molecule has 0 fully saturated rings. The number of carboxylic acid groups (broad SMARTS) is 1. The largest absolute Gasteiger partial charge is 0.478 e. The van der Waals surface area contributed by atoms with Crippen molar-refractivity contribution in [3.8, 4) is 0 Å². The average Bonchev–Trinajstić information content (AvgIpc) is 2.77. The van der Waals surface area contributed by atoms with Gasteiger partial charge in [-0.15, -0.1) is 11.3 Å². The van der Waals surface area contributed by atoms with Gasteiger partial charge in [0.1, 0.15) is 0 Å². The highest BCUT2D eigenvalue weighted by Gasteiger charge is 2.15. The van der Waals surface area contributed by atoms with Crippen LogP contribution in [0.1, 0.15) is 25.9 Å². The Kier molecular flexibility index (Phi) is 4.94. The number of aryl methyl sites for hydroxylation is 2. The number of hydrogen-bond acceptors (Lipinski definition) is 5. The highest BCUT2D eigenvalue weighted by Crippen LogP contribution is 2.17. The van der Waals surface area contributed by atoms with Crippen LogP contribution in [0.25, 0.3) is 0 Å². The molecule has 0 unspecified atom stereocenters. The molecule has 2 aromatic rings. The monoisotopic (exact) mass is 340 g/mol. The van der Waals surface area contributed by atoms with Crippen LogP contribution in [0.2, 0.25) is 0 Å². The van der Waals surface area contributed by atoms with Crippen molar-refractivity contribution in [1.29, 1.82) is 0 Å². The second-order valence-electron chi connectivity index (χ2n) is 4.72. The minimum absolute atomic E-state index is 0.0507. The highest BCUT2D eigenvalue weighted by molar-refractivity contribution is 7.89. The van der Waals surface area contributed by atoms with Crippen molar-refractivity contribution in [2.75, 3.05) is 6.54 Å². The summed E-state index contributed by atoms with van der Waals surface area (Å²) in [5, 5.41) is 9.76. The number of nitrogens with zero attached hydrogens (tertiary/aromatic N) is 1. The first-order valence-electron chi connectivity index (χ1n) is 6.55. The predicted octanol–water partition coefficient (Wildman–Crippen LogP) is 1.98. The smallest absolute Gasteiger partial charge is 0.335 e. The van der Waals surface area contributed by atoms with E-state index in [0.29, 0.717) is 6.42 Å². The summed E-state index contributed by atoms with van der Waals surface area (Å²) in [7, 11) is -3.64. The molecular formula is C14H16N2O4S2. The third kappa shape index (κ3) is 3.90. The molecule has 0 bridgehead atoms. The van der Waals surface area contributed by atoms with Crippen molar-refractivity contribution < 1.29 is 18.3 Å². The van der Waals surface area contributed by atoms with Gasteiger partial charge in [-0.2, -0.15) is 0 Å². The van der Waals surface area contributed by atoms with Gasteiger partial charge in [0.05, 0.1) is 21.2 Å². The van der Waals surface area contributed by atoms with Gasteiger partial charge in [-0.1, -0.05) is 0 Å². The van der Waals surface area contributed by atoms with Crippen LogP contribution in [0, 0.1) is 13.8 Å². The zero-order valence-electron chi connectivity index (χ0n) is 12.2. The van der Waals surface area contributed by atoms with Crippen molar-refractivity contribution in [3.63, 3.8) is 0 Å². The van der Waals surface area contributed by atoms with Crippen molar-refractivity contribution in [2.45, 2.75) is 25.2 Å². The van der Waals surface area contributed by atoms with Gasteiger partial charge in [0, 0.05) is 11.4 Å². The Morgan fingerprint density at radius 3 is 2.41 bits per heavy atom. The molecule has 0 radical (unpaired) electrons. The first-order valence-corrected chi connectivity index (χ1v) is 8.85. The van der Waals surface area contributed by atoms with E-state index < -0.39 is 16.0 Å². The summed E-state index contributed by atoms with van der Waals surface area (Å²) in [5.41, 5.74) is 0.974. The molecular weight excluding hydrogens is 324 g/mol. The van der Waals surface area contributed by atoms with E-state index >= 15 is 0 Å².